The van der Waals surface area contributed by atoms with Gasteiger partial charge in [-0.15, -0.1) is 0 Å². The van der Waals surface area contributed by atoms with Crippen molar-refractivity contribution in [2.75, 3.05) is 0 Å². The molecule has 0 aliphatic rings. The van der Waals surface area contributed by atoms with Gasteiger partial charge in [-0.2, -0.15) is 0 Å². The van der Waals surface area contributed by atoms with Gasteiger partial charge in [-0.25, -0.2) is 0 Å². The Morgan fingerprint density at radius 1 is 1.53 bits per heavy atom. The Bertz CT molecular complexity index is 809. The van der Waals surface area contributed by atoms with Crippen LogP contribution in [-0.4, -0.2) is 24.1 Å². The molecule has 0 saturated carbocycles. The SMILES string of the molecule is Cn1cnc2c1c(=O)n(CC#P=O)c(=O)n2O. The van der Waals surface area contributed by atoms with Crippen molar-refractivity contribution in [2.45, 2.75) is 6.54 Å². The normalized spacial score (nSPS) is 10.4. The first-order valence-corrected chi connectivity index (χ1v) is 5.30. The summed E-state index contributed by atoms with van der Waals surface area (Å²) >= 11 is 0. The molecular formula is C8H7N4O4P. The summed E-state index contributed by atoms with van der Waals surface area (Å²) in [6.07, 6.45) is 1.31. The molecule has 0 bridgehead atoms. The van der Waals surface area contributed by atoms with Crippen molar-refractivity contribution in [1.29, 1.82) is 0 Å². The van der Waals surface area contributed by atoms with E-state index in [4.69, 9.17) is 0 Å². The van der Waals surface area contributed by atoms with Gasteiger partial charge in [0.1, 0.15) is 0 Å². The first-order chi connectivity index (χ1) is 8.07. The molecule has 1 N–H and O–H groups in total. The van der Waals surface area contributed by atoms with Crippen molar-refractivity contribution < 1.29 is 9.77 Å². The van der Waals surface area contributed by atoms with Crippen LogP contribution in [0.5, 0.6) is 0 Å². The van der Waals surface area contributed by atoms with Crippen LogP contribution >= 0.6 is 7.92 Å². The van der Waals surface area contributed by atoms with Crippen LogP contribution in [0.1, 0.15) is 0 Å². The monoisotopic (exact) mass is 254 g/mol. The molecular weight excluding hydrogens is 247 g/mol. The van der Waals surface area contributed by atoms with Gasteiger partial charge in [0.2, 0.25) is 0 Å². The number of rotatable bonds is 1. The predicted molar refractivity (Wildman–Crippen MR) is 57.9 cm³/mol. The quantitative estimate of drug-likeness (QED) is 0.540. The number of hydrogen-bond acceptors (Lipinski definition) is 5. The van der Waals surface area contributed by atoms with Crippen LogP contribution in [0.3, 0.4) is 0 Å². The average Bonchev–Trinajstić information content (AvgIpc) is 2.69. The fourth-order valence-corrected chi connectivity index (χ4v) is 1.68. The summed E-state index contributed by atoms with van der Waals surface area (Å²) < 4.78 is 12.6. The topological polar surface area (TPSA) is 99.1 Å². The van der Waals surface area contributed by atoms with Gasteiger partial charge in [0.05, 0.1) is 0 Å². The third-order valence-electron chi connectivity index (χ3n) is 2.27. The van der Waals surface area contributed by atoms with Crippen LogP contribution in [0.2, 0.25) is 0 Å². The predicted octanol–water partition coefficient (Wildman–Crippen LogP) is -0.615. The zero-order valence-corrected chi connectivity index (χ0v) is 9.59. The summed E-state index contributed by atoms with van der Waals surface area (Å²) in [7, 11) is 1.14. The zero-order valence-electron chi connectivity index (χ0n) is 8.69. The van der Waals surface area contributed by atoms with E-state index in [1.807, 2.05) is 0 Å². The van der Waals surface area contributed by atoms with E-state index in [0.29, 0.717) is 0 Å². The molecule has 17 heavy (non-hydrogen) atoms. The number of fused-ring (bicyclic) bond motifs is 1. The Morgan fingerprint density at radius 3 is 2.88 bits per heavy atom. The fraction of sp³-hybridized carbons (Fsp3) is 0.250. The van der Waals surface area contributed by atoms with Crippen molar-refractivity contribution in [3.8, 4) is 5.63 Å². The number of aryl methyl sites for hydroxylation is 1. The van der Waals surface area contributed by atoms with E-state index in [2.05, 4.69) is 10.6 Å². The van der Waals surface area contributed by atoms with Crippen molar-refractivity contribution in [2.24, 2.45) is 7.05 Å². The molecule has 0 saturated heterocycles. The molecule has 0 spiro atoms. The maximum atomic E-state index is 11.9. The third-order valence-corrected chi connectivity index (χ3v) is 2.54. The minimum atomic E-state index is -0.947. The molecule has 0 unspecified atom stereocenters. The Hall–Kier alpha value is -2.04. The summed E-state index contributed by atoms with van der Waals surface area (Å²) in [6.45, 7) is -0.273. The Balaban J connectivity index is 2.97. The van der Waals surface area contributed by atoms with E-state index in [1.165, 1.54) is 10.9 Å². The standard InChI is InChI=1S/C8H7N4O4P/c1-10-4-9-6-5(10)7(13)11(2-3-17-16)8(14)12(6)15/h4,15H,2H2,1H3. The van der Waals surface area contributed by atoms with Crippen LogP contribution in [0, 0.1) is 5.63 Å². The van der Waals surface area contributed by atoms with Gasteiger partial charge in [-0.3, -0.25) is 0 Å². The molecule has 2 heterocycles. The van der Waals surface area contributed by atoms with E-state index >= 15 is 0 Å². The summed E-state index contributed by atoms with van der Waals surface area (Å²) in [6, 6.07) is 0. The Morgan fingerprint density at radius 2 is 2.24 bits per heavy atom. The summed E-state index contributed by atoms with van der Waals surface area (Å²) in [5, 5.41) is 9.54. The van der Waals surface area contributed by atoms with E-state index in [0.717, 1.165) is 4.57 Å². The second-order valence-corrected chi connectivity index (χ2v) is 3.76. The minimum absolute atomic E-state index is 0.0801. The molecule has 8 nitrogen and oxygen atoms in total. The fourth-order valence-electron chi connectivity index (χ4n) is 1.48. The summed E-state index contributed by atoms with van der Waals surface area (Å²) in [4.78, 5) is 27.3. The van der Waals surface area contributed by atoms with Gasteiger partial charge < -0.3 is 0 Å². The molecule has 2 rings (SSSR count). The van der Waals surface area contributed by atoms with Crippen molar-refractivity contribution >= 4 is 19.1 Å². The molecule has 2 aromatic heterocycles. The van der Waals surface area contributed by atoms with Crippen LogP contribution in [0.25, 0.3) is 11.2 Å². The maximum absolute atomic E-state index is 11.9. The van der Waals surface area contributed by atoms with Gasteiger partial charge in [0, 0.05) is 0 Å². The van der Waals surface area contributed by atoms with Crippen molar-refractivity contribution in [3.63, 3.8) is 0 Å². The summed E-state index contributed by atoms with van der Waals surface area (Å²) in [5.41, 5.74) is 0.677. The number of nitrogens with zero attached hydrogens (tertiary/aromatic N) is 4. The van der Waals surface area contributed by atoms with E-state index < -0.39 is 19.2 Å². The molecule has 2 aromatic rings. The Kier molecular flexibility index (Phi) is 2.75. The Labute approximate surface area is 94.8 Å². The van der Waals surface area contributed by atoms with Gasteiger partial charge in [0.25, 0.3) is 0 Å². The van der Waals surface area contributed by atoms with Gasteiger partial charge in [0.15, 0.2) is 0 Å². The molecule has 0 aliphatic carbocycles. The first kappa shape index (κ1) is 11.4. The van der Waals surface area contributed by atoms with Crippen LogP contribution in [0.4, 0.5) is 0 Å². The zero-order chi connectivity index (χ0) is 12.6. The molecule has 0 amide bonds. The van der Waals surface area contributed by atoms with E-state index in [-0.39, 0.29) is 22.4 Å². The molecule has 0 radical (unpaired) electrons. The van der Waals surface area contributed by atoms with Gasteiger partial charge >= 0.3 is 94.1 Å². The molecule has 9 heteroatoms. The summed E-state index contributed by atoms with van der Waals surface area (Å²) in [5.74, 6) is 0. The second-order valence-electron chi connectivity index (χ2n) is 3.26. The molecule has 0 atom stereocenters. The molecule has 88 valence electrons. The van der Waals surface area contributed by atoms with Gasteiger partial charge in [-0.05, 0) is 0 Å². The van der Waals surface area contributed by atoms with E-state index in [1.54, 1.807) is 7.05 Å². The van der Waals surface area contributed by atoms with Crippen LogP contribution < -0.4 is 11.2 Å². The number of hydrogen-bond donors (Lipinski definition) is 1. The van der Waals surface area contributed by atoms with Crippen LogP contribution in [-0.2, 0) is 18.2 Å². The van der Waals surface area contributed by atoms with Crippen LogP contribution in [0.15, 0.2) is 15.9 Å². The molecule has 0 aromatic carbocycles. The third kappa shape index (κ3) is 1.63. The van der Waals surface area contributed by atoms with Gasteiger partial charge in [-0.1, -0.05) is 0 Å². The van der Waals surface area contributed by atoms with Crippen molar-refractivity contribution in [3.05, 3.63) is 27.2 Å². The number of aromatic nitrogens is 4. The average molecular weight is 254 g/mol. The van der Waals surface area contributed by atoms with Crippen molar-refractivity contribution in [1.82, 2.24) is 18.8 Å². The molecule has 0 fully saturated rings. The molecule has 0 aliphatic heterocycles. The van der Waals surface area contributed by atoms with E-state index in [9.17, 15) is 19.4 Å². The number of imidazole rings is 1. The first-order valence-electron chi connectivity index (χ1n) is 4.49. The second kappa shape index (κ2) is 4.08.